The van der Waals surface area contributed by atoms with Gasteiger partial charge in [0.1, 0.15) is 11.6 Å². The van der Waals surface area contributed by atoms with Gasteiger partial charge in [-0.05, 0) is 48.7 Å². The van der Waals surface area contributed by atoms with E-state index in [1.54, 1.807) is 19.2 Å². The number of carbonyl (C=O) groups is 1. The molecule has 2 aromatic carbocycles. The van der Waals surface area contributed by atoms with Crippen molar-refractivity contribution in [1.82, 2.24) is 4.90 Å². The first-order chi connectivity index (χ1) is 12.2. The van der Waals surface area contributed by atoms with Gasteiger partial charge in [-0.1, -0.05) is 18.2 Å². The number of halogens is 1. The molecule has 0 bridgehead atoms. The summed E-state index contributed by atoms with van der Waals surface area (Å²) in [6.45, 7) is 0.728. The molecule has 3 aromatic rings. The topological polar surface area (TPSA) is 29.5 Å². The third-order valence-corrected chi connectivity index (χ3v) is 5.82. The summed E-state index contributed by atoms with van der Waals surface area (Å²) >= 11 is 1.36. The number of amides is 1. The molecule has 0 radical (unpaired) electrons. The maximum Gasteiger partial charge on any atom is 0.264 e. The zero-order valence-corrected chi connectivity index (χ0v) is 14.7. The summed E-state index contributed by atoms with van der Waals surface area (Å²) in [5.74, 6) is 0.513. The van der Waals surface area contributed by atoms with Crippen molar-refractivity contribution < 1.29 is 13.9 Å². The van der Waals surface area contributed by atoms with Crippen LogP contribution in [0.1, 0.15) is 34.1 Å². The Morgan fingerprint density at radius 2 is 2.04 bits per heavy atom. The highest BCUT2D eigenvalue weighted by atomic mass is 32.1. The van der Waals surface area contributed by atoms with Crippen LogP contribution in [0.3, 0.4) is 0 Å². The Morgan fingerprint density at radius 3 is 2.76 bits per heavy atom. The van der Waals surface area contributed by atoms with Crippen molar-refractivity contribution in [2.45, 2.75) is 18.9 Å². The lowest BCUT2D eigenvalue weighted by Crippen LogP contribution is -2.29. The molecular formula is C20H18FNO2S. The molecule has 0 aliphatic carbocycles. The number of thiophene rings is 1. The lowest BCUT2D eigenvalue weighted by molar-refractivity contribution is 0.0740. The van der Waals surface area contributed by atoms with E-state index in [1.807, 2.05) is 35.2 Å². The van der Waals surface area contributed by atoms with Crippen LogP contribution in [0.2, 0.25) is 0 Å². The highest BCUT2D eigenvalue weighted by Gasteiger charge is 2.31. The summed E-state index contributed by atoms with van der Waals surface area (Å²) in [4.78, 5) is 15.5. The molecule has 25 heavy (non-hydrogen) atoms. The molecule has 1 aliphatic rings. The molecule has 1 amide bonds. The normalized spacial score (nSPS) is 17.2. The van der Waals surface area contributed by atoms with Crippen LogP contribution in [-0.2, 0) is 0 Å². The molecular weight excluding hydrogens is 337 g/mol. The zero-order chi connectivity index (χ0) is 17.4. The van der Waals surface area contributed by atoms with Gasteiger partial charge in [0, 0.05) is 16.6 Å². The maximum absolute atomic E-state index is 13.9. The maximum atomic E-state index is 13.9. The van der Waals surface area contributed by atoms with Crippen molar-refractivity contribution in [3.8, 4) is 5.75 Å². The Kier molecular flexibility index (Phi) is 4.17. The lowest BCUT2D eigenvalue weighted by atomic mass is 10.0. The number of nitrogens with zero attached hydrogens (tertiary/aromatic N) is 1. The molecule has 5 heteroatoms. The fraction of sp³-hybridized carbons (Fsp3) is 0.250. The van der Waals surface area contributed by atoms with Crippen molar-refractivity contribution in [3.63, 3.8) is 0 Å². The van der Waals surface area contributed by atoms with Gasteiger partial charge >= 0.3 is 0 Å². The van der Waals surface area contributed by atoms with Gasteiger partial charge in [-0.3, -0.25) is 4.79 Å². The Hall–Kier alpha value is -2.40. The van der Waals surface area contributed by atoms with E-state index in [4.69, 9.17) is 4.74 Å². The van der Waals surface area contributed by atoms with Crippen molar-refractivity contribution in [1.29, 1.82) is 0 Å². The van der Waals surface area contributed by atoms with E-state index in [-0.39, 0.29) is 17.8 Å². The van der Waals surface area contributed by atoms with Crippen LogP contribution in [0, 0.1) is 5.82 Å². The van der Waals surface area contributed by atoms with E-state index in [2.05, 4.69) is 0 Å². The Morgan fingerprint density at radius 1 is 1.24 bits per heavy atom. The van der Waals surface area contributed by atoms with Gasteiger partial charge in [-0.2, -0.15) is 0 Å². The highest BCUT2D eigenvalue weighted by molar-refractivity contribution is 7.20. The number of methoxy groups -OCH3 is 1. The van der Waals surface area contributed by atoms with E-state index in [1.165, 1.54) is 17.4 Å². The lowest BCUT2D eigenvalue weighted by Gasteiger charge is -2.24. The SMILES string of the molecule is COc1ccc(C2CCCN2C(=O)c2cc3c(F)cccc3s2)cc1. The number of fused-ring (bicyclic) bond motifs is 1. The minimum atomic E-state index is -0.277. The third-order valence-electron chi connectivity index (χ3n) is 4.73. The van der Waals surface area contributed by atoms with Crippen LogP contribution >= 0.6 is 11.3 Å². The van der Waals surface area contributed by atoms with Gasteiger partial charge in [0.25, 0.3) is 5.91 Å². The molecule has 0 N–H and O–H groups in total. The molecule has 1 unspecified atom stereocenters. The summed E-state index contributed by atoms with van der Waals surface area (Å²) in [7, 11) is 1.64. The van der Waals surface area contributed by atoms with Crippen molar-refractivity contribution in [3.05, 3.63) is 64.8 Å². The number of benzene rings is 2. The quantitative estimate of drug-likeness (QED) is 0.660. The fourth-order valence-corrected chi connectivity index (χ4v) is 4.49. The zero-order valence-electron chi connectivity index (χ0n) is 13.9. The number of carbonyl (C=O) groups excluding carboxylic acids is 1. The minimum absolute atomic E-state index is 0.0149. The van der Waals surface area contributed by atoms with Gasteiger partial charge in [0.2, 0.25) is 0 Å². The monoisotopic (exact) mass is 355 g/mol. The van der Waals surface area contributed by atoms with Crippen LogP contribution in [-0.4, -0.2) is 24.5 Å². The average Bonchev–Trinajstić information content (AvgIpc) is 3.29. The van der Waals surface area contributed by atoms with Crippen LogP contribution in [0.5, 0.6) is 5.75 Å². The van der Waals surface area contributed by atoms with Crippen LogP contribution < -0.4 is 4.74 Å². The molecule has 4 rings (SSSR count). The fourth-order valence-electron chi connectivity index (χ4n) is 3.45. The first-order valence-electron chi connectivity index (χ1n) is 8.30. The van der Waals surface area contributed by atoms with Gasteiger partial charge < -0.3 is 9.64 Å². The molecule has 1 aromatic heterocycles. The molecule has 1 fully saturated rings. The van der Waals surface area contributed by atoms with Crippen LogP contribution in [0.25, 0.3) is 10.1 Å². The van der Waals surface area contributed by atoms with Crippen molar-refractivity contribution in [2.75, 3.05) is 13.7 Å². The summed E-state index contributed by atoms with van der Waals surface area (Å²) < 4.78 is 19.9. The Labute approximate surface area is 149 Å². The molecule has 0 spiro atoms. The smallest absolute Gasteiger partial charge is 0.264 e. The highest BCUT2D eigenvalue weighted by Crippen LogP contribution is 2.36. The molecule has 1 saturated heterocycles. The molecule has 1 atom stereocenters. The van der Waals surface area contributed by atoms with Crippen molar-refractivity contribution >= 4 is 27.3 Å². The third kappa shape index (κ3) is 2.89. The number of ether oxygens (including phenoxy) is 1. The van der Waals surface area contributed by atoms with Gasteiger partial charge in [0.05, 0.1) is 18.0 Å². The molecule has 128 valence electrons. The second-order valence-corrected chi connectivity index (χ2v) is 7.28. The number of hydrogen-bond donors (Lipinski definition) is 0. The molecule has 1 aliphatic heterocycles. The summed E-state index contributed by atoms with van der Waals surface area (Å²) in [5.41, 5.74) is 1.11. The summed E-state index contributed by atoms with van der Waals surface area (Å²) in [5, 5.41) is 0.524. The minimum Gasteiger partial charge on any atom is -0.497 e. The van der Waals surface area contributed by atoms with Crippen molar-refractivity contribution in [2.24, 2.45) is 0 Å². The second-order valence-electron chi connectivity index (χ2n) is 6.19. The molecule has 0 saturated carbocycles. The van der Waals surface area contributed by atoms with E-state index in [0.29, 0.717) is 10.3 Å². The average molecular weight is 355 g/mol. The largest absolute Gasteiger partial charge is 0.497 e. The Balaban J connectivity index is 1.64. The number of rotatable bonds is 3. The molecule has 3 nitrogen and oxygen atoms in total. The standard InChI is InChI=1S/C20H18FNO2S/c1-24-14-9-7-13(8-10-14)17-5-3-11-22(17)20(23)19-12-15-16(21)4-2-6-18(15)25-19/h2,4,6-10,12,17H,3,5,11H2,1H3. The van der Waals surface area contributed by atoms with E-state index in [9.17, 15) is 9.18 Å². The van der Waals surface area contributed by atoms with E-state index < -0.39 is 0 Å². The van der Waals surface area contributed by atoms with Gasteiger partial charge in [-0.15, -0.1) is 11.3 Å². The Bertz CT molecular complexity index is 919. The van der Waals surface area contributed by atoms with Gasteiger partial charge in [0.15, 0.2) is 0 Å². The predicted molar refractivity (Wildman–Crippen MR) is 97.8 cm³/mol. The first-order valence-corrected chi connectivity index (χ1v) is 9.12. The summed E-state index contributed by atoms with van der Waals surface area (Å²) in [6, 6.07) is 14.6. The van der Waals surface area contributed by atoms with Crippen LogP contribution in [0.4, 0.5) is 4.39 Å². The number of hydrogen-bond acceptors (Lipinski definition) is 3. The van der Waals surface area contributed by atoms with E-state index in [0.717, 1.165) is 35.4 Å². The predicted octanol–water partition coefficient (Wildman–Crippen LogP) is 5.03. The summed E-state index contributed by atoms with van der Waals surface area (Å²) in [6.07, 6.45) is 1.92. The van der Waals surface area contributed by atoms with Gasteiger partial charge in [-0.25, -0.2) is 4.39 Å². The van der Waals surface area contributed by atoms with Crippen LogP contribution in [0.15, 0.2) is 48.5 Å². The number of likely N-dealkylation sites (tertiary alicyclic amines) is 1. The first kappa shape index (κ1) is 16.1. The van der Waals surface area contributed by atoms with E-state index >= 15 is 0 Å². The second kappa shape index (κ2) is 6.48. The molecule has 2 heterocycles.